The average molecular weight is 478 g/mol. The molecular formula is C19H19Cl3N2O4S. The summed E-state index contributed by atoms with van der Waals surface area (Å²) >= 11 is 19.7. The first-order valence-corrected chi connectivity index (χ1v) is 10.7. The smallest absolute Gasteiger partial charge is 0.341 e. The molecule has 1 aliphatic carbocycles. The van der Waals surface area contributed by atoms with Crippen molar-refractivity contribution in [2.75, 3.05) is 19.5 Å². The number of fused-ring (bicyclic) bond motifs is 1. The summed E-state index contributed by atoms with van der Waals surface area (Å²) in [5.74, 6) is -0.287. The van der Waals surface area contributed by atoms with E-state index in [-0.39, 0.29) is 0 Å². The molecule has 0 fully saturated rings. The number of carbonyl (C=O) groups is 2. The van der Waals surface area contributed by atoms with Crippen molar-refractivity contribution in [2.45, 2.75) is 29.2 Å². The molecule has 0 saturated carbocycles. The fraction of sp³-hybridized carbons (Fsp3) is 0.368. The van der Waals surface area contributed by atoms with E-state index in [2.05, 4.69) is 10.6 Å². The Bertz CT molecular complexity index is 909. The van der Waals surface area contributed by atoms with Crippen molar-refractivity contribution in [3.63, 3.8) is 0 Å². The van der Waals surface area contributed by atoms with Gasteiger partial charge in [0, 0.05) is 10.4 Å². The SMILES string of the molecule is COC(=O)c1c(NC(NC(=O)c2ccc(OC)cc2)C(Cl)(Cl)Cl)sc2c1CCC2. The predicted octanol–water partition coefficient (Wildman–Crippen LogP) is 4.57. The number of methoxy groups -OCH3 is 2. The van der Waals surface area contributed by atoms with Gasteiger partial charge in [-0.25, -0.2) is 4.79 Å². The molecule has 1 amide bonds. The fourth-order valence-corrected chi connectivity index (χ4v) is 4.74. The van der Waals surface area contributed by atoms with Crippen LogP contribution >= 0.6 is 46.1 Å². The second-order valence-corrected chi connectivity index (χ2v) is 9.85. The summed E-state index contributed by atoms with van der Waals surface area (Å²) in [5, 5.41) is 6.20. The van der Waals surface area contributed by atoms with Crippen molar-refractivity contribution in [2.24, 2.45) is 0 Å². The maximum Gasteiger partial charge on any atom is 0.341 e. The number of hydrogen-bond donors (Lipinski definition) is 2. The largest absolute Gasteiger partial charge is 0.497 e. The van der Waals surface area contributed by atoms with Crippen LogP contribution in [0.1, 0.15) is 37.6 Å². The number of carbonyl (C=O) groups excluding carboxylic acids is 2. The Kier molecular flexibility index (Phi) is 6.83. The molecule has 1 atom stereocenters. The molecule has 1 aliphatic rings. The number of alkyl halides is 3. The zero-order valence-corrected chi connectivity index (χ0v) is 18.8. The summed E-state index contributed by atoms with van der Waals surface area (Å²) in [6.45, 7) is 0. The second-order valence-electron chi connectivity index (χ2n) is 6.37. The van der Waals surface area contributed by atoms with Crippen LogP contribution in [0.2, 0.25) is 0 Å². The Morgan fingerprint density at radius 1 is 1.14 bits per heavy atom. The number of hydrogen-bond acceptors (Lipinski definition) is 6. The summed E-state index contributed by atoms with van der Waals surface area (Å²) < 4.78 is 8.15. The molecule has 10 heteroatoms. The molecule has 6 nitrogen and oxygen atoms in total. The topological polar surface area (TPSA) is 76.7 Å². The Labute approximate surface area is 187 Å². The number of nitrogens with one attached hydrogen (secondary N) is 2. The maximum atomic E-state index is 12.6. The van der Waals surface area contributed by atoms with Crippen LogP contribution in [0.25, 0.3) is 0 Å². The summed E-state index contributed by atoms with van der Waals surface area (Å²) in [7, 11) is 2.86. The van der Waals surface area contributed by atoms with Gasteiger partial charge in [-0.1, -0.05) is 34.8 Å². The van der Waals surface area contributed by atoms with Gasteiger partial charge in [0.25, 0.3) is 5.91 Å². The van der Waals surface area contributed by atoms with E-state index in [9.17, 15) is 9.59 Å². The van der Waals surface area contributed by atoms with E-state index in [1.807, 2.05) is 0 Å². The van der Waals surface area contributed by atoms with Gasteiger partial charge in [0.05, 0.1) is 19.8 Å². The molecule has 1 aromatic heterocycles. The third-order valence-electron chi connectivity index (χ3n) is 4.54. The van der Waals surface area contributed by atoms with Gasteiger partial charge < -0.3 is 20.1 Å². The molecule has 1 aromatic carbocycles. The van der Waals surface area contributed by atoms with Crippen LogP contribution in [0.4, 0.5) is 5.00 Å². The lowest BCUT2D eigenvalue weighted by Crippen LogP contribution is -2.49. The number of aryl methyl sites for hydroxylation is 1. The lowest BCUT2D eigenvalue weighted by atomic mass is 10.1. The number of anilines is 1. The lowest BCUT2D eigenvalue weighted by molar-refractivity contribution is 0.0601. The van der Waals surface area contributed by atoms with Crippen LogP contribution in [0.5, 0.6) is 5.75 Å². The number of thiophene rings is 1. The van der Waals surface area contributed by atoms with Crippen molar-refractivity contribution in [3.8, 4) is 5.75 Å². The summed E-state index contributed by atoms with van der Waals surface area (Å²) in [6, 6.07) is 6.52. The molecule has 1 heterocycles. The van der Waals surface area contributed by atoms with E-state index >= 15 is 0 Å². The highest BCUT2D eigenvalue weighted by molar-refractivity contribution is 7.16. The van der Waals surface area contributed by atoms with Gasteiger partial charge in [-0.15, -0.1) is 11.3 Å². The van der Waals surface area contributed by atoms with Crippen molar-refractivity contribution in [3.05, 3.63) is 45.8 Å². The van der Waals surface area contributed by atoms with Gasteiger partial charge in [0.1, 0.15) is 16.9 Å². The van der Waals surface area contributed by atoms with E-state index in [0.717, 1.165) is 29.7 Å². The lowest BCUT2D eigenvalue weighted by Gasteiger charge is -2.27. The Morgan fingerprint density at radius 3 is 2.41 bits per heavy atom. The van der Waals surface area contributed by atoms with Crippen LogP contribution in [0.3, 0.4) is 0 Å². The Hall–Kier alpha value is -1.67. The second kappa shape index (κ2) is 9.00. The minimum absolute atomic E-state index is 0.369. The molecule has 2 aromatic rings. The van der Waals surface area contributed by atoms with Crippen LogP contribution in [-0.2, 0) is 17.6 Å². The summed E-state index contributed by atoms with van der Waals surface area (Å²) in [6.07, 6.45) is 1.56. The number of benzene rings is 1. The third kappa shape index (κ3) is 4.91. The van der Waals surface area contributed by atoms with Gasteiger partial charge in [-0.2, -0.15) is 0 Å². The fourth-order valence-electron chi connectivity index (χ4n) is 3.11. The highest BCUT2D eigenvalue weighted by atomic mass is 35.6. The van der Waals surface area contributed by atoms with Crippen LogP contribution in [0, 0.1) is 0 Å². The first-order valence-electron chi connectivity index (χ1n) is 8.75. The van der Waals surface area contributed by atoms with Gasteiger partial charge >= 0.3 is 5.97 Å². The third-order valence-corrected chi connectivity index (χ3v) is 6.42. The molecule has 0 radical (unpaired) electrons. The van der Waals surface area contributed by atoms with E-state index < -0.39 is 21.8 Å². The number of rotatable bonds is 6. The van der Waals surface area contributed by atoms with E-state index in [1.54, 1.807) is 24.3 Å². The van der Waals surface area contributed by atoms with Crippen molar-refractivity contribution < 1.29 is 19.1 Å². The average Bonchev–Trinajstić information content (AvgIpc) is 3.27. The van der Waals surface area contributed by atoms with Crippen LogP contribution in [-0.4, -0.2) is 36.1 Å². The van der Waals surface area contributed by atoms with Crippen molar-refractivity contribution in [1.29, 1.82) is 0 Å². The number of halogens is 3. The monoisotopic (exact) mass is 476 g/mol. The molecule has 3 rings (SSSR count). The van der Waals surface area contributed by atoms with Crippen molar-refractivity contribution >= 4 is 63.0 Å². The molecule has 1 unspecified atom stereocenters. The zero-order valence-electron chi connectivity index (χ0n) is 15.7. The normalized spacial score (nSPS) is 14.1. The molecule has 0 bridgehead atoms. The first kappa shape index (κ1) is 22.0. The van der Waals surface area contributed by atoms with E-state index in [0.29, 0.717) is 21.9 Å². The van der Waals surface area contributed by atoms with Gasteiger partial charge in [0.2, 0.25) is 3.79 Å². The Morgan fingerprint density at radius 2 is 1.83 bits per heavy atom. The molecule has 29 heavy (non-hydrogen) atoms. The number of amides is 1. The summed E-state index contributed by atoms with van der Waals surface area (Å²) in [4.78, 5) is 26.1. The quantitative estimate of drug-likeness (QED) is 0.362. The molecule has 0 saturated heterocycles. The maximum absolute atomic E-state index is 12.6. The minimum atomic E-state index is -1.87. The van der Waals surface area contributed by atoms with E-state index in [4.69, 9.17) is 44.3 Å². The molecular weight excluding hydrogens is 459 g/mol. The van der Waals surface area contributed by atoms with Crippen molar-refractivity contribution in [1.82, 2.24) is 5.32 Å². The molecule has 0 aliphatic heterocycles. The highest BCUT2D eigenvalue weighted by Gasteiger charge is 2.37. The molecule has 0 spiro atoms. The Balaban J connectivity index is 1.85. The highest BCUT2D eigenvalue weighted by Crippen LogP contribution is 2.41. The zero-order chi connectivity index (χ0) is 21.2. The minimum Gasteiger partial charge on any atom is -0.497 e. The van der Waals surface area contributed by atoms with Crippen LogP contribution < -0.4 is 15.4 Å². The molecule has 156 valence electrons. The predicted molar refractivity (Wildman–Crippen MR) is 116 cm³/mol. The standard InChI is InChI=1S/C19H19Cl3N2O4S/c1-27-11-8-6-10(7-9-11)15(25)23-18(19(20,21)22)24-16-14(17(26)28-2)12-4-3-5-13(12)29-16/h6-9,18,24H,3-5H2,1-2H3,(H,23,25). The summed E-state index contributed by atoms with van der Waals surface area (Å²) in [5.41, 5.74) is 1.76. The van der Waals surface area contributed by atoms with Crippen LogP contribution in [0.15, 0.2) is 24.3 Å². The van der Waals surface area contributed by atoms with Gasteiger partial charge in [-0.05, 0) is 49.1 Å². The number of ether oxygens (including phenoxy) is 2. The first-order chi connectivity index (χ1) is 13.7. The number of esters is 1. The van der Waals surface area contributed by atoms with Gasteiger partial charge in [-0.3, -0.25) is 4.79 Å². The molecule has 2 N–H and O–H groups in total. The van der Waals surface area contributed by atoms with Gasteiger partial charge in [0.15, 0.2) is 0 Å². The van der Waals surface area contributed by atoms with E-state index in [1.165, 1.54) is 25.6 Å².